The SMILES string of the molecule is CC1CCCCN1c1cc(N2CCCCC2)nc(NC(=S)NC2CC2)n1. The molecular formula is C19H30N6S. The van der Waals surface area contributed by atoms with Crippen LogP contribution in [-0.4, -0.2) is 46.8 Å². The van der Waals surface area contributed by atoms with Crippen LogP contribution in [0, 0.1) is 0 Å². The minimum absolute atomic E-state index is 0.525. The van der Waals surface area contributed by atoms with E-state index in [4.69, 9.17) is 22.2 Å². The summed E-state index contributed by atoms with van der Waals surface area (Å²) in [4.78, 5) is 14.4. The third-order valence-electron chi connectivity index (χ3n) is 5.61. The van der Waals surface area contributed by atoms with E-state index in [-0.39, 0.29) is 0 Å². The van der Waals surface area contributed by atoms with E-state index < -0.39 is 0 Å². The fourth-order valence-electron chi connectivity index (χ4n) is 3.90. The fourth-order valence-corrected chi connectivity index (χ4v) is 4.16. The highest BCUT2D eigenvalue weighted by Gasteiger charge is 2.24. The molecule has 1 unspecified atom stereocenters. The van der Waals surface area contributed by atoms with Gasteiger partial charge in [-0.2, -0.15) is 9.97 Å². The number of aromatic nitrogens is 2. The number of anilines is 3. The number of hydrogen-bond donors (Lipinski definition) is 2. The maximum atomic E-state index is 5.45. The van der Waals surface area contributed by atoms with Crippen molar-refractivity contribution in [3.8, 4) is 0 Å². The van der Waals surface area contributed by atoms with Gasteiger partial charge in [0.15, 0.2) is 5.11 Å². The number of piperidine rings is 2. The molecular weight excluding hydrogens is 344 g/mol. The minimum Gasteiger partial charge on any atom is -0.360 e. The van der Waals surface area contributed by atoms with Gasteiger partial charge in [0.2, 0.25) is 5.95 Å². The Morgan fingerprint density at radius 3 is 2.46 bits per heavy atom. The monoisotopic (exact) mass is 374 g/mol. The summed E-state index contributed by atoms with van der Waals surface area (Å²) in [5, 5.41) is 7.19. The molecule has 2 aliphatic heterocycles. The Balaban J connectivity index is 1.58. The zero-order valence-electron chi connectivity index (χ0n) is 15.7. The Morgan fingerprint density at radius 2 is 1.73 bits per heavy atom. The largest absolute Gasteiger partial charge is 0.360 e. The van der Waals surface area contributed by atoms with Crippen molar-refractivity contribution in [1.82, 2.24) is 15.3 Å². The second kappa shape index (κ2) is 7.94. The Hall–Kier alpha value is -1.63. The van der Waals surface area contributed by atoms with E-state index in [0.717, 1.165) is 31.3 Å². The van der Waals surface area contributed by atoms with Gasteiger partial charge in [-0.25, -0.2) is 0 Å². The smallest absolute Gasteiger partial charge is 0.232 e. The quantitative estimate of drug-likeness (QED) is 0.784. The molecule has 1 atom stereocenters. The molecule has 3 fully saturated rings. The Bertz CT molecular complexity index is 641. The van der Waals surface area contributed by atoms with Gasteiger partial charge in [-0.1, -0.05) is 0 Å². The molecule has 1 aliphatic carbocycles. The zero-order valence-corrected chi connectivity index (χ0v) is 16.5. The molecule has 1 aromatic heterocycles. The van der Waals surface area contributed by atoms with Crippen LogP contribution < -0.4 is 20.4 Å². The van der Waals surface area contributed by atoms with E-state index in [0.29, 0.717) is 23.1 Å². The summed E-state index contributed by atoms with van der Waals surface area (Å²) in [7, 11) is 0. The lowest BCUT2D eigenvalue weighted by Crippen LogP contribution is -2.39. The number of nitrogens with zero attached hydrogens (tertiary/aromatic N) is 4. The molecule has 142 valence electrons. The van der Waals surface area contributed by atoms with Gasteiger partial charge in [0, 0.05) is 37.8 Å². The van der Waals surface area contributed by atoms with Gasteiger partial charge in [-0.15, -0.1) is 0 Å². The molecule has 7 heteroatoms. The summed E-state index contributed by atoms with van der Waals surface area (Å²) in [6.45, 7) is 5.53. The van der Waals surface area contributed by atoms with E-state index >= 15 is 0 Å². The first-order valence-corrected chi connectivity index (χ1v) is 10.6. The third kappa shape index (κ3) is 4.37. The van der Waals surface area contributed by atoms with Crippen LogP contribution in [0.25, 0.3) is 0 Å². The van der Waals surface area contributed by atoms with E-state index in [2.05, 4.69) is 33.4 Å². The molecule has 2 N–H and O–H groups in total. The zero-order chi connectivity index (χ0) is 17.9. The van der Waals surface area contributed by atoms with Gasteiger partial charge < -0.3 is 20.4 Å². The Kier molecular flexibility index (Phi) is 5.43. The van der Waals surface area contributed by atoms with Crippen molar-refractivity contribution in [1.29, 1.82) is 0 Å². The number of thiocarbonyl (C=S) groups is 1. The van der Waals surface area contributed by atoms with Crippen molar-refractivity contribution >= 4 is 34.9 Å². The predicted octanol–water partition coefficient (Wildman–Crippen LogP) is 3.29. The lowest BCUT2D eigenvalue weighted by atomic mass is 10.0. The first kappa shape index (κ1) is 17.8. The van der Waals surface area contributed by atoms with Crippen LogP contribution in [0.3, 0.4) is 0 Å². The Morgan fingerprint density at radius 1 is 1.00 bits per heavy atom. The van der Waals surface area contributed by atoms with Crippen molar-refractivity contribution in [2.24, 2.45) is 0 Å². The molecule has 0 bridgehead atoms. The van der Waals surface area contributed by atoms with Gasteiger partial charge in [0.05, 0.1) is 0 Å². The van der Waals surface area contributed by atoms with Gasteiger partial charge in [0.1, 0.15) is 11.6 Å². The molecule has 4 rings (SSSR count). The topological polar surface area (TPSA) is 56.3 Å². The van der Waals surface area contributed by atoms with E-state index in [1.54, 1.807) is 0 Å². The predicted molar refractivity (Wildman–Crippen MR) is 111 cm³/mol. The summed E-state index contributed by atoms with van der Waals surface area (Å²) in [5.74, 6) is 2.69. The lowest BCUT2D eigenvalue weighted by molar-refractivity contribution is 0.481. The summed E-state index contributed by atoms with van der Waals surface area (Å²) in [6, 6.07) is 3.23. The van der Waals surface area contributed by atoms with Crippen molar-refractivity contribution in [3.05, 3.63) is 6.07 Å². The first-order chi connectivity index (χ1) is 12.7. The molecule has 1 saturated carbocycles. The molecule has 0 radical (unpaired) electrons. The molecule has 3 aliphatic rings. The van der Waals surface area contributed by atoms with Gasteiger partial charge in [-0.3, -0.25) is 0 Å². The first-order valence-electron chi connectivity index (χ1n) is 10.2. The maximum absolute atomic E-state index is 5.45. The summed E-state index contributed by atoms with van der Waals surface area (Å²) in [6.07, 6.45) is 9.97. The molecule has 0 aromatic carbocycles. The van der Waals surface area contributed by atoms with Gasteiger partial charge in [-0.05, 0) is 70.5 Å². The molecule has 2 saturated heterocycles. The standard InChI is InChI=1S/C19H30N6S/c1-14-7-3-6-12-25(14)17-13-16(24-10-4-2-5-11-24)21-18(22-17)23-19(26)20-15-8-9-15/h13-15H,2-12H2,1H3,(H2,20,21,22,23,26). The highest BCUT2D eigenvalue weighted by molar-refractivity contribution is 7.80. The van der Waals surface area contributed by atoms with Crippen LogP contribution in [-0.2, 0) is 0 Å². The van der Waals surface area contributed by atoms with Crippen molar-refractivity contribution in [3.63, 3.8) is 0 Å². The molecule has 6 nitrogen and oxygen atoms in total. The number of nitrogens with one attached hydrogen (secondary N) is 2. The fraction of sp³-hybridized carbons (Fsp3) is 0.737. The van der Waals surface area contributed by atoms with Crippen LogP contribution in [0.4, 0.5) is 17.6 Å². The van der Waals surface area contributed by atoms with Crippen LogP contribution in [0.5, 0.6) is 0 Å². The van der Waals surface area contributed by atoms with Crippen LogP contribution in [0.2, 0.25) is 0 Å². The van der Waals surface area contributed by atoms with Gasteiger partial charge >= 0.3 is 0 Å². The van der Waals surface area contributed by atoms with E-state index in [1.165, 1.54) is 51.4 Å². The molecule has 0 spiro atoms. The number of rotatable bonds is 4. The van der Waals surface area contributed by atoms with Crippen molar-refractivity contribution < 1.29 is 0 Å². The van der Waals surface area contributed by atoms with Crippen molar-refractivity contribution in [2.75, 3.05) is 34.8 Å². The summed E-state index contributed by atoms with van der Waals surface area (Å²) >= 11 is 5.45. The molecule has 3 heterocycles. The van der Waals surface area contributed by atoms with E-state index in [1.807, 2.05) is 0 Å². The highest BCUT2D eigenvalue weighted by atomic mass is 32.1. The third-order valence-corrected chi connectivity index (χ3v) is 5.83. The average molecular weight is 375 g/mol. The van der Waals surface area contributed by atoms with E-state index in [9.17, 15) is 0 Å². The molecule has 1 aromatic rings. The van der Waals surface area contributed by atoms with Crippen molar-refractivity contribution in [2.45, 2.75) is 70.4 Å². The second-order valence-electron chi connectivity index (χ2n) is 7.87. The highest BCUT2D eigenvalue weighted by Crippen LogP contribution is 2.28. The summed E-state index contributed by atoms with van der Waals surface area (Å²) in [5.41, 5.74) is 0. The van der Waals surface area contributed by atoms with Crippen LogP contribution in [0.15, 0.2) is 6.07 Å². The van der Waals surface area contributed by atoms with Crippen LogP contribution >= 0.6 is 12.2 Å². The van der Waals surface area contributed by atoms with Crippen LogP contribution in [0.1, 0.15) is 58.3 Å². The normalized spacial score (nSPS) is 23.7. The average Bonchev–Trinajstić information content (AvgIpc) is 3.46. The number of hydrogen-bond acceptors (Lipinski definition) is 5. The Labute approximate surface area is 161 Å². The minimum atomic E-state index is 0.525. The molecule has 26 heavy (non-hydrogen) atoms. The maximum Gasteiger partial charge on any atom is 0.232 e. The second-order valence-corrected chi connectivity index (χ2v) is 8.27. The lowest BCUT2D eigenvalue weighted by Gasteiger charge is -2.35. The summed E-state index contributed by atoms with van der Waals surface area (Å²) < 4.78 is 0. The van der Waals surface area contributed by atoms with Gasteiger partial charge in [0.25, 0.3) is 0 Å². The molecule has 0 amide bonds.